The zero-order valence-corrected chi connectivity index (χ0v) is 12.4. The summed E-state index contributed by atoms with van der Waals surface area (Å²) in [7, 11) is 0. The summed E-state index contributed by atoms with van der Waals surface area (Å²) >= 11 is 1.66. The Balaban J connectivity index is 1.74. The third kappa shape index (κ3) is 3.01. The van der Waals surface area contributed by atoms with Crippen LogP contribution in [0.2, 0.25) is 0 Å². The predicted octanol–water partition coefficient (Wildman–Crippen LogP) is 3.53. The maximum atomic E-state index is 9.28. The van der Waals surface area contributed by atoms with Gasteiger partial charge in [-0.2, -0.15) is 5.26 Å². The minimum Gasteiger partial charge on any atom is -0.370 e. The van der Waals surface area contributed by atoms with E-state index in [1.165, 1.54) is 5.39 Å². The van der Waals surface area contributed by atoms with Gasteiger partial charge in [0, 0.05) is 23.0 Å². The topological polar surface area (TPSA) is 61.6 Å². The molecule has 0 aliphatic rings. The molecule has 5 heteroatoms. The van der Waals surface area contributed by atoms with Crippen LogP contribution in [-0.4, -0.2) is 16.5 Å². The molecule has 2 aromatic heterocycles. The van der Waals surface area contributed by atoms with Crippen LogP contribution in [0.1, 0.15) is 16.8 Å². The van der Waals surface area contributed by atoms with Crippen LogP contribution in [0.4, 0.5) is 5.82 Å². The molecule has 0 unspecified atom stereocenters. The van der Waals surface area contributed by atoms with Crippen molar-refractivity contribution >= 4 is 27.2 Å². The lowest BCUT2D eigenvalue weighted by Gasteiger charge is -2.07. The van der Waals surface area contributed by atoms with E-state index in [9.17, 15) is 5.26 Å². The van der Waals surface area contributed by atoms with E-state index in [4.69, 9.17) is 0 Å². The minimum atomic E-state index is 0.737. The third-order valence-corrected chi connectivity index (χ3v) is 4.18. The highest BCUT2D eigenvalue weighted by molar-refractivity contribution is 7.17. The van der Waals surface area contributed by atoms with Gasteiger partial charge in [0.1, 0.15) is 12.1 Å². The van der Waals surface area contributed by atoms with E-state index in [2.05, 4.69) is 38.9 Å². The number of benzene rings is 1. The first-order valence-corrected chi connectivity index (χ1v) is 7.57. The molecular formula is C16H14N4S. The average Bonchev–Trinajstić information content (AvgIpc) is 2.93. The van der Waals surface area contributed by atoms with Gasteiger partial charge in [-0.05, 0) is 47.9 Å². The van der Waals surface area contributed by atoms with E-state index in [-0.39, 0.29) is 0 Å². The van der Waals surface area contributed by atoms with Gasteiger partial charge in [-0.3, -0.25) is 0 Å². The number of fused-ring (bicyclic) bond motifs is 1. The Morgan fingerprint density at radius 3 is 3.00 bits per heavy atom. The predicted molar refractivity (Wildman–Crippen MR) is 85.5 cm³/mol. The van der Waals surface area contributed by atoms with Crippen molar-refractivity contribution in [2.24, 2.45) is 0 Å². The molecule has 0 aliphatic carbocycles. The number of aromatic nitrogens is 2. The van der Waals surface area contributed by atoms with Gasteiger partial charge in [0.2, 0.25) is 0 Å². The van der Waals surface area contributed by atoms with Crippen LogP contribution < -0.4 is 5.32 Å². The van der Waals surface area contributed by atoms with Gasteiger partial charge in [-0.25, -0.2) is 9.97 Å². The van der Waals surface area contributed by atoms with Crippen LogP contribution in [-0.2, 0) is 6.42 Å². The van der Waals surface area contributed by atoms with Crippen LogP contribution in [0.25, 0.3) is 10.1 Å². The number of aryl methyl sites for hydroxylation is 1. The molecule has 0 saturated heterocycles. The van der Waals surface area contributed by atoms with E-state index in [1.54, 1.807) is 17.7 Å². The zero-order valence-electron chi connectivity index (χ0n) is 11.6. The highest BCUT2D eigenvalue weighted by Crippen LogP contribution is 2.25. The number of anilines is 1. The number of nitrogens with zero attached hydrogens (tertiary/aromatic N) is 3. The summed E-state index contributed by atoms with van der Waals surface area (Å²) in [5, 5.41) is 15.8. The fourth-order valence-electron chi connectivity index (χ4n) is 2.24. The summed E-state index contributed by atoms with van der Waals surface area (Å²) in [6, 6.07) is 10.4. The molecule has 21 heavy (non-hydrogen) atoms. The number of nitriles is 1. The second-order valence-electron chi connectivity index (χ2n) is 4.80. The van der Waals surface area contributed by atoms with E-state index in [1.807, 2.05) is 19.1 Å². The molecule has 0 fully saturated rings. The molecule has 0 amide bonds. The maximum Gasteiger partial charge on any atom is 0.129 e. The van der Waals surface area contributed by atoms with E-state index < -0.39 is 0 Å². The monoisotopic (exact) mass is 294 g/mol. The van der Waals surface area contributed by atoms with Gasteiger partial charge >= 0.3 is 0 Å². The second kappa shape index (κ2) is 5.90. The van der Waals surface area contributed by atoms with Crippen LogP contribution in [0.3, 0.4) is 0 Å². The lowest BCUT2D eigenvalue weighted by atomic mass is 10.0. The van der Waals surface area contributed by atoms with E-state index in [0.29, 0.717) is 0 Å². The fraction of sp³-hybridized carbons (Fsp3) is 0.188. The normalized spacial score (nSPS) is 10.5. The summed E-state index contributed by atoms with van der Waals surface area (Å²) in [6.45, 7) is 2.67. The largest absolute Gasteiger partial charge is 0.370 e. The minimum absolute atomic E-state index is 0.737. The molecule has 0 radical (unpaired) electrons. The smallest absolute Gasteiger partial charge is 0.129 e. The molecule has 0 bridgehead atoms. The Morgan fingerprint density at radius 2 is 2.19 bits per heavy atom. The SMILES string of the molecule is Cc1cc(NCCc2cc3ccsc3cc2C#N)ncn1. The maximum absolute atomic E-state index is 9.28. The van der Waals surface area contributed by atoms with Gasteiger partial charge in [-0.1, -0.05) is 0 Å². The van der Waals surface area contributed by atoms with Gasteiger partial charge in [0.05, 0.1) is 11.6 Å². The van der Waals surface area contributed by atoms with Crippen molar-refractivity contribution in [1.82, 2.24) is 9.97 Å². The summed E-state index contributed by atoms with van der Waals surface area (Å²) in [5.74, 6) is 0.817. The molecule has 1 aromatic carbocycles. The molecule has 0 atom stereocenters. The van der Waals surface area contributed by atoms with Crippen molar-refractivity contribution in [2.75, 3.05) is 11.9 Å². The molecule has 3 rings (SSSR count). The molecule has 0 spiro atoms. The quantitative estimate of drug-likeness (QED) is 0.799. The number of hydrogen-bond acceptors (Lipinski definition) is 5. The first-order valence-electron chi connectivity index (χ1n) is 6.69. The molecule has 1 N–H and O–H groups in total. The molecular weight excluding hydrogens is 280 g/mol. The fourth-order valence-corrected chi connectivity index (χ4v) is 3.05. The summed E-state index contributed by atoms with van der Waals surface area (Å²) in [5.41, 5.74) is 2.76. The first-order chi connectivity index (χ1) is 10.3. The lowest BCUT2D eigenvalue weighted by molar-refractivity contribution is 0.991. The molecule has 104 valence electrons. The van der Waals surface area contributed by atoms with E-state index >= 15 is 0 Å². The van der Waals surface area contributed by atoms with Crippen molar-refractivity contribution in [3.05, 3.63) is 52.8 Å². The molecule has 0 aliphatic heterocycles. The Bertz CT molecular complexity index is 817. The summed E-state index contributed by atoms with van der Waals surface area (Å²) < 4.78 is 1.16. The van der Waals surface area contributed by atoms with Gasteiger partial charge in [0.15, 0.2) is 0 Å². The first kappa shape index (κ1) is 13.5. The highest BCUT2D eigenvalue weighted by Gasteiger charge is 2.06. The lowest BCUT2D eigenvalue weighted by Crippen LogP contribution is -2.07. The van der Waals surface area contributed by atoms with Crippen molar-refractivity contribution in [1.29, 1.82) is 5.26 Å². The number of nitrogens with one attached hydrogen (secondary N) is 1. The van der Waals surface area contributed by atoms with Crippen LogP contribution in [0.5, 0.6) is 0 Å². The Labute approximate surface area is 127 Å². The van der Waals surface area contributed by atoms with Crippen molar-refractivity contribution in [3.63, 3.8) is 0 Å². The molecule has 3 aromatic rings. The standard InChI is InChI=1S/C16H14N4S/c1-11-6-16(20-10-19-11)18-4-2-12-7-13-3-5-21-15(13)8-14(12)9-17/h3,5-8,10H,2,4H2,1H3,(H,18,19,20). The number of rotatable bonds is 4. The van der Waals surface area contributed by atoms with Gasteiger partial charge < -0.3 is 5.32 Å². The van der Waals surface area contributed by atoms with Crippen LogP contribution >= 0.6 is 11.3 Å². The number of thiophene rings is 1. The zero-order chi connectivity index (χ0) is 14.7. The average molecular weight is 294 g/mol. The van der Waals surface area contributed by atoms with Gasteiger partial charge in [0.25, 0.3) is 0 Å². The van der Waals surface area contributed by atoms with Crippen molar-refractivity contribution < 1.29 is 0 Å². The Hall–Kier alpha value is -2.45. The highest BCUT2D eigenvalue weighted by atomic mass is 32.1. The Kier molecular flexibility index (Phi) is 3.80. The number of hydrogen-bond donors (Lipinski definition) is 1. The third-order valence-electron chi connectivity index (χ3n) is 3.30. The molecule has 2 heterocycles. The Morgan fingerprint density at radius 1 is 1.29 bits per heavy atom. The van der Waals surface area contributed by atoms with Gasteiger partial charge in [-0.15, -0.1) is 11.3 Å². The summed E-state index contributed by atoms with van der Waals surface area (Å²) in [6.07, 6.45) is 2.34. The van der Waals surface area contributed by atoms with Crippen LogP contribution in [0.15, 0.2) is 36.0 Å². The van der Waals surface area contributed by atoms with Crippen molar-refractivity contribution in [3.8, 4) is 6.07 Å². The van der Waals surface area contributed by atoms with E-state index in [0.717, 1.165) is 40.3 Å². The molecule has 0 saturated carbocycles. The summed E-state index contributed by atoms with van der Waals surface area (Å²) in [4.78, 5) is 8.24. The second-order valence-corrected chi connectivity index (χ2v) is 5.75. The molecule has 4 nitrogen and oxygen atoms in total. The van der Waals surface area contributed by atoms with Crippen molar-refractivity contribution in [2.45, 2.75) is 13.3 Å². The van der Waals surface area contributed by atoms with Crippen LogP contribution in [0, 0.1) is 18.3 Å².